The molecule has 1 saturated carbocycles. The molecule has 1 aromatic rings. The first-order valence-corrected chi connectivity index (χ1v) is 4.55. The van der Waals surface area contributed by atoms with Gasteiger partial charge in [-0.2, -0.15) is 0 Å². The lowest BCUT2D eigenvalue weighted by atomic mass is 10.0. The largest absolute Gasteiger partial charge is 0.327 e. The first-order valence-electron chi connectivity index (χ1n) is 4.55. The lowest BCUT2D eigenvalue weighted by molar-refractivity contribution is 0.571. The molecule has 1 aromatic carbocycles. The highest BCUT2D eigenvalue weighted by molar-refractivity contribution is 5.34. The van der Waals surface area contributed by atoms with Gasteiger partial charge in [0.25, 0.3) is 0 Å². The van der Waals surface area contributed by atoms with Crippen LogP contribution in [0.25, 0.3) is 0 Å². The van der Waals surface area contributed by atoms with Gasteiger partial charge in [-0.3, -0.25) is 0 Å². The van der Waals surface area contributed by atoms with Gasteiger partial charge < -0.3 is 5.73 Å². The Kier molecular flexibility index (Phi) is 1.70. The van der Waals surface area contributed by atoms with E-state index in [0.717, 1.165) is 5.56 Å². The van der Waals surface area contributed by atoms with Crippen LogP contribution in [-0.2, 0) is 0 Å². The lowest BCUT2D eigenvalue weighted by Gasteiger charge is -2.03. The highest BCUT2D eigenvalue weighted by Crippen LogP contribution is 2.57. The Morgan fingerprint density at radius 3 is 2.31 bits per heavy atom. The maximum absolute atomic E-state index is 13.3. The van der Waals surface area contributed by atoms with Gasteiger partial charge in [0.05, 0.1) is 0 Å². The van der Waals surface area contributed by atoms with Crippen molar-refractivity contribution in [1.29, 1.82) is 0 Å². The van der Waals surface area contributed by atoms with E-state index in [-0.39, 0.29) is 23.2 Å². The Labute approximate surface area is 77.8 Å². The third-order valence-corrected chi connectivity index (χ3v) is 3.15. The van der Waals surface area contributed by atoms with Crippen molar-refractivity contribution < 1.29 is 4.39 Å². The minimum Gasteiger partial charge on any atom is -0.327 e. The molecular formula is C11H14FN. The van der Waals surface area contributed by atoms with E-state index in [1.54, 1.807) is 6.07 Å². The minimum atomic E-state index is -0.131. The standard InChI is InChI=1S/C11H14FN/c1-11(2)9(10(11)13)7-5-3-4-6-8(7)12/h3-6,9-10H,13H2,1-2H3. The Hall–Kier alpha value is -0.890. The summed E-state index contributed by atoms with van der Waals surface area (Å²) in [7, 11) is 0. The average molecular weight is 179 g/mol. The van der Waals surface area contributed by atoms with Gasteiger partial charge in [-0.25, -0.2) is 4.39 Å². The molecule has 0 aromatic heterocycles. The quantitative estimate of drug-likeness (QED) is 0.703. The van der Waals surface area contributed by atoms with Crippen LogP contribution in [0.5, 0.6) is 0 Å². The van der Waals surface area contributed by atoms with Crippen LogP contribution in [0.1, 0.15) is 25.3 Å². The summed E-state index contributed by atoms with van der Waals surface area (Å²) in [4.78, 5) is 0. The molecule has 0 radical (unpaired) electrons. The van der Waals surface area contributed by atoms with Crippen LogP contribution >= 0.6 is 0 Å². The third-order valence-electron chi connectivity index (χ3n) is 3.15. The molecule has 0 amide bonds. The highest BCUT2D eigenvalue weighted by atomic mass is 19.1. The zero-order chi connectivity index (χ0) is 9.64. The van der Waals surface area contributed by atoms with E-state index in [9.17, 15) is 4.39 Å². The summed E-state index contributed by atoms with van der Waals surface area (Å²) in [5.74, 6) is 0.0576. The van der Waals surface area contributed by atoms with Crippen molar-refractivity contribution in [2.24, 2.45) is 11.1 Å². The molecule has 2 N–H and O–H groups in total. The van der Waals surface area contributed by atoms with Crippen molar-refractivity contribution in [1.82, 2.24) is 0 Å². The van der Waals surface area contributed by atoms with Gasteiger partial charge in [0.2, 0.25) is 0 Å². The van der Waals surface area contributed by atoms with Crippen molar-refractivity contribution in [3.05, 3.63) is 35.6 Å². The molecule has 0 spiro atoms. The monoisotopic (exact) mass is 179 g/mol. The SMILES string of the molecule is CC1(C)C(N)C1c1ccccc1F. The van der Waals surface area contributed by atoms with Gasteiger partial charge in [0, 0.05) is 12.0 Å². The zero-order valence-corrected chi connectivity index (χ0v) is 7.92. The number of hydrogen-bond donors (Lipinski definition) is 1. The first-order chi connectivity index (χ1) is 6.05. The number of rotatable bonds is 1. The van der Waals surface area contributed by atoms with E-state index >= 15 is 0 Å². The van der Waals surface area contributed by atoms with Crippen LogP contribution in [0.3, 0.4) is 0 Å². The van der Waals surface area contributed by atoms with Crippen LogP contribution in [0.15, 0.2) is 24.3 Å². The third kappa shape index (κ3) is 1.17. The van der Waals surface area contributed by atoms with Crippen LogP contribution in [0.4, 0.5) is 4.39 Å². The molecule has 2 unspecified atom stereocenters. The summed E-state index contributed by atoms with van der Waals surface area (Å²) < 4.78 is 13.3. The van der Waals surface area contributed by atoms with Crippen LogP contribution < -0.4 is 5.73 Å². The van der Waals surface area contributed by atoms with E-state index in [0.29, 0.717) is 0 Å². The molecule has 1 fully saturated rings. The molecular weight excluding hydrogens is 165 g/mol. The minimum absolute atomic E-state index is 0.0577. The molecule has 2 heteroatoms. The first kappa shape index (κ1) is 8.70. The van der Waals surface area contributed by atoms with Crippen molar-refractivity contribution >= 4 is 0 Å². The maximum Gasteiger partial charge on any atom is 0.126 e. The van der Waals surface area contributed by atoms with Gasteiger partial charge in [-0.05, 0) is 17.0 Å². The van der Waals surface area contributed by atoms with Crippen molar-refractivity contribution in [3.8, 4) is 0 Å². The van der Waals surface area contributed by atoms with Crippen molar-refractivity contribution in [2.75, 3.05) is 0 Å². The van der Waals surface area contributed by atoms with Crippen molar-refractivity contribution in [2.45, 2.75) is 25.8 Å². The van der Waals surface area contributed by atoms with Gasteiger partial charge in [0.1, 0.15) is 5.82 Å². The predicted molar refractivity (Wildman–Crippen MR) is 50.9 cm³/mol. The molecule has 1 aliphatic carbocycles. The molecule has 2 rings (SSSR count). The summed E-state index contributed by atoms with van der Waals surface area (Å²) in [5.41, 5.74) is 6.70. The smallest absolute Gasteiger partial charge is 0.126 e. The normalized spacial score (nSPS) is 30.2. The van der Waals surface area contributed by atoms with Crippen LogP contribution in [0.2, 0.25) is 0 Å². The summed E-state index contributed by atoms with van der Waals surface area (Å²) >= 11 is 0. The highest BCUT2D eigenvalue weighted by Gasteiger charge is 2.56. The summed E-state index contributed by atoms with van der Waals surface area (Å²) in [6, 6.07) is 6.99. The van der Waals surface area contributed by atoms with E-state index in [4.69, 9.17) is 5.73 Å². The molecule has 70 valence electrons. The van der Waals surface area contributed by atoms with E-state index in [2.05, 4.69) is 13.8 Å². The predicted octanol–water partition coefficient (Wildman–Crippen LogP) is 2.28. The fourth-order valence-electron chi connectivity index (χ4n) is 2.00. The van der Waals surface area contributed by atoms with Crippen LogP contribution in [0, 0.1) is 11.2 Å². The molecule has 13 heavy (non-hydrogen) atoms. The van der Waals surface area contributed by atoms with E-state index in [1.165, 1.54) is 6.07 Å². The second-order valence-corrected chi connectivity index (χ2v) is 4.35. The maximum atomic E-state index is 13.3. The number of halogens is 1. The molecule has 1 aliphatic rings. The molecule has 0 saturated heterocycles. The van der Waals surface area contributed by atoms with Crippen LogP contribution in [-0.4, -0.2) is 6.04 Å². The zero-order valence-electron chi connectivity index (χ0n) is 7.92. The van der Waals surface area contributed by atoms with Gasteiger partial charge in [-0.1, -0.05) is 32.0 Å². The topological polar surface area (TPSA) is 26.0 Å². The number of nitrogens with two attached hydrogens (primary N) is 1. The van der Waals surface area contributed by atoms with E-state index in [1.807, 2.05) is 12.1 Å². The summed E-state index contributed by atoms with van der Waals surface area (Å²) in [6.45, 7) is 4.16. The second-order valence-electron chi connectivity index (χ2n) is 4.35. The fraction of sp³-hybridized carbons (Fsp3) is 0.455. The Morgan fingerprint density at radius 1 is 1.31 bits per heavy atom. The number of hydrogen-bond acceptors (Lipinski definition) is 1. The fourth-order valence-corrected chi connectivity index (χ4v) is 2.00. The average Bonchev–Trinajstić information content (AvgIpc) is 2.54. The Balaban J connectivity index is 2.34. The second kappa shape index (κ2) is 2.55. The lowest BCUT2D eigenvalue weighted by Crippen LogP contribution is -2.06. The molecule has 1 nitrogen and oxygen atoms in total. The van der Waals surface area contributed by atoms with Gasteiger partial charge in [-0.15, -0.1) is 0 Å². The summed E-state index contributed by atoms with van der Waals surface area (Å²) in [5, 5.41) is 0. The molecule has 0 bridgehead atoms. The number of benzene rings is 1. The molecule has 0 aliphatic heterocycles. The summed E-state index contributed by atoms with van der Waals surface area (Å²) in [6.07, 6.45) is 0. The van der Waals surface area contributed by atoms with Gasteiger partial charge in [0.15, 0.2) is 0 Å². The van der Waals surface area contributed by atoms with Gasteiger partial charge >= 0.3 is 0 Å². The van der Waals surface area contributed by atoms with E-state index < -0.39 is 0 Å². The molecule has 0 heterocycles. The Bertz CT molecular complexity index is 333. The molecule has 2 atom stereocenters. The van der Waals surface area contributed by atoms with Crippen molar-refractivity contribution in [3.63, 3.8) is 0 Å². The Morgan fingerprint density at radius 2 is 1.85 bits per heavy atom.